The highest BCUT2D eigenvalue weighted by Crippen LogP contribution is 2.17. The molecule has 0 aromatic heterocycles. The molecule has 0 bridgehead atoms. The zero-order valence-electron chi connectivity index (χ0n) is 7.52. The smallest absolute Gasteiger partial charge is 0.0914 e. The van der Waals surface area contributed by atoms with Crippen LogP contribution in [0.3, 0.4) is 0 Å². The lowest BCUT2D eigenvalue weighted by Crippen LogP contribution is -2.12. The van der Waals surface area contributed by atoms with Gasteiger partial charge in [0.2, 0.25) is 0 Å². The highest BCUT2D eigenvalue weighted by atomic mass is 28.3. The van der Waals surface area contributed by atoms with Crippen LogP contribution in [0.5, 0.6) is 0 Å². The van der Waals surface area contributed by atoms with Crippen molar-refractivity contribution < 1.29 is 4.74 Å². The van der Waals surface area contributed by atoms with Crippen molar-refractivity contribution in [3.63, 3.8) is 0 Å². The normalized spacial score (nSPS) is 18.3. The van der Waals surface area contributed by atoms with Gasteiger partial charge in [0.1, 0.15) is 0 Å². The quantitative estimate of drug-likeness (QED) is 0.590. The van der Waals surface area contributed by atoms with Crippen LogP contribution in [0.4, 0.5) is 0 Å². The van der Waals surface area contributed by atoms with Crippen LogP contribution in [-0.2, 0) is 4.74 Å². The molecule has 0 N–H and O–H groups in total. The van der Waals surface area contributed by atoms with Crippen molar-refractivity contribution in [2.24, 2.45) is 0 Å². The maximum Gasteiger partial charge on any atom is 0.0914 e. The van der Waals surface area contributed by atoms with Gasteiger partial charge >= 0.3 is 0 Å². The van der Waals surface area contributed by atoms with Crippen molar-refractivity contribution in [1.29, 1.82) is 0 Å². The van der Waals surface area contributed by atoms with Crippen LogP contribution in [-0.4, -0.2) is 15.0 Å². The fourth-order valence-electron chi connectivity index (χ4n) is 1.18. The molecule has 1 rings (SSSR count). The van der Waals surface area contributed by atoms with Gasteiger partial charge in [-0.25, -0.2) is 0 Å². The highest BCUT2D eigenvalue weighted by Gasteiger charge is 2.05. The summed E-state index contributed by atoms with van der Waals surface area (Å²) in [4.78, 5) is 0. The highest BCUT2D eigenvalue weighted by molar-refractivity contribution is 6.55. The van der Waals surface area contributed by atoms with Crippen molar-refractivity contribution in [1.82, 2.24) is 0 Å². The predicted octanol–water partition coefficient (Wildman–Crippen LogP) is 2.75. The first-order valence-corrected chi connectivity index (χ1v) is 7.10. The molecule has 63 valence electrons. The van der Waals surface area contributed by atoms with Crippen molar-refractivity contribution in [2.75, 3.05) is 6.23 Å². The van der Waals surface area contributed by atoms with Crippen molar-refractivity contribution in [3.8, 4) is 0 Å². The Morgan fingerprint density at radius 2 is 2.27 bits per heavy atom. The third kappa shape index (κ3) is 3.61. The second-order valence-electron chi connectivity index (χ2n) is 3.41. The standard InChI is InChI=1S/C9H17OSi/c1-11(2)8-10-9-6-4-3-5-7-9/h6H,3-5,7-8H2,1-2H3. The minimum absolute atomic E-state index is 0.196. The molecule has 0 saturated carbocycles. The molecule has 1 aliphatic rings. The second kappa shape index (κ2) is 4.60. The van der Waals surface area contributed by atoms with Gasteiger partial charge in [-0.15, -0.1) is 0 Å². The Balaban J connectivity index is 2.19. The van der Waals surface area contributed by atoms with E-state index in [1.54, 1.807) is 0 Å². The van der Waals surface area contributed by atoms with Crippen LogP contribution in [0.1, 0.15) is 25.7 Å². The van der Waals surface area contributed by atoms with Crippen LogP contribution >= 0.6 is 0 Å². The number of rotatable bonds is 3. The summed E-state index contributed by atoms with van der Waals surface area (Å²) in [6.07, 6.45) is 8.31. The van der Waals surface area contributed by atoms with E-state index in [4.69, 9.17) is 4.74 Å². The first kappa shape index (κ1) is 8.85. The van der Waals surface area contributed by atoms with Crippen molar-refractivity contribution >= 4 is 8.80 Å². The summed E-state index contributed by atoms with van der Waals surface area (Å²) in [7, 11) is -0.196. The number of ether oxygens (including phenoxy) is 1. The molecule has 1 aliphatic carbocycles. The Hall–Kier alpha value is -0.243. The molecule has 0 saturated heterocycles. The molecule has 0 unspecified atom stereocenters. The van der Waals surface area contributed by atoms with Gasteiger partial charge in [0, 0.05) is 6.42 Å². The fourth-order valence-corrected chi connectivity index (χ4v) is 1.65. The molecule has 0 aromatic carbocycles. The number of hydrogen-bond donors (Lipinski definition) is 0. The van der Waals surface area contributed by atoms with E-state index < -0.39 is 0 Å². The summed E-state index contributed by atoms with van der Waals surface area (Å²) in [6.45, 7) is 4.57. The first-order chi connectivity index (χ1) is 5.29. The van der Waals surface area contributed by atoms with Crippen LogP contribution in [0.25, 0.3) is 0 Å². The fraction of sp³-hybridized carbons (Fsp3) is 0.778. The summed E-state index contributed by atoms with van der Waals surface area (Å²) in [5.41, 5.74) is 0. The summed E-state index contributed by atoms with van der Waals surface area (Å²) in [5.74, 6) is 1.25. The molecule has 0 atom stereocenters. The molecule has 1 radical (unpaired) electrons. The molecule has 0 spiro atoms. The lowest BCUT2D eigenvalue weighted by Gasteiger charge is -2.14. The van der Waals surface area contributed by atoms with E-state index in [2.05, 4.69) is 19.2 Å². The summed E-state index contributed by atoms with van der Waals surface area (Å²) >= 11 is 0. The summed E-state index contributed by atoms with van der Waals surface area (Å²) in [6, 6.07) is 0. The Morgan fingerprint density at radius 1 is 1.45 bits per heavy atom. The average Bonchev–Trinajstić information content (AvgIpc) is 2.03. The third-order valence-corrected chi connectivity index (χ3v) is 2.52. The summed E-state index contributed by atoms with van der Waals surface area (Å²) < 4.78 is 5.65. The van der Waals surface area contributed by atoms with Crippen molar-refractivity contribution in [2.45, 2.75) is 38.8 Å². The monoisotopic (exact) mass is 169 g/mol. The molecule has 2 heteroatoms. The zero-order chi connectivity index (χ0) is 8.10. The van der Waals surface area contributed by atoms with E-state index in [-0.39, 0.29) is 8.80 Å². The van der Waals surface area contributed by atoms with Gasteiger partial charge in [-0.1, -0.05) is 13.1 Å². The van der Waals surface area contributed by atoms with Gasteiger partial charge in [-0.3, -0.25) is 0 Å². The maximum absolute atomic E-state index is 5.65. The van der Waals surface area contributed by atoms with Gasteiger partial charge in [-0.05, 0) is 25.3 Å². The Morgan fingerprint density at radius 3 is 2.82 bits per heavy atom. The minimum Gasteiger partial charge on any atom is -0.502 e. The Bertz CT molecular complexity index is 140. The molecular weight excluding hydrogens is 152 g/mol. The molecular formula is C9H17OSi. The molecule has 0 heterocycles. The van der Waals surface area contributed by atoms with Gasteiger partial charge in [0.15, 0.2) is 0 Å². The SMILES string of the molecule is C[Si](C)COC1=CCCCC1. The molecule has 1 nitrogen and oxygen atoms in total. The lowest BCUT2D eigenvalue weighted by molar-refractivity contribution is 0.241. The average molecular weight is 169 g/mol. The van der Waals surface area contributed by atoms with E-state index in [1.165, 1.54) is 31.4 Å². The van der Waals surface area contributed by atoms with E-state index in [9.17, 15) is 0 Å². The predicted molar refractivity (Wildman–Crippen MR) is 50.0 cm³/mol. The number of hydrogen-bond acceptors (Lipinski definition) is 1. The maximum atomic E-state index is 5.65. The number of allylic oxidation sites excluding steroid dienone is 2. The largest absolute Gasteiger partial charge is 0.502 e. The van der Waals surface area contributed by atoms with E-state index in [0.29, 0.717) is 0 Å². The lowest BCUT2D eigenvalue weighted by atomic mass is 10.1. The van der Waals surface area contributed by atoms with Crippen LogP contribution in [0, 0.1) is 0 Å². The van der Waals surface area contributed by atoms with Crippen LogP contribution < -0.4 is 0 Å². The Labute approximate surface area is 71.1 Å². The van der Waals surface area contributed by atoms with Crippen LogP contribution in [0.15, 0.2) is 11.8 Å². The first-order valence-electron chi connectivity index (χ1n) is 4.40. The molecule has 0 aliphatic heterocycles. The third-order valence-electron chi connectivity index (χ3n) is 1.80. The minimum atomic E-state index is -0.196. The second-order valence-corrected chi connectivity index (χ2v) is 6.11. The Kier molecular flexibility index (Phi) is 3.70. The van der Waals surface area contributed by atoms with E-state index in [1.807, 2.05) is 0 Å². The van der Waals surface area contributed by atoms with Gasteiger partial charge < -0.3 is 4.74 Å². The van der Waals surface area contributed by atoms with Gasteiger partial charge in [0.25, 0.3) is 0 Å². The van der Waals surface area contributed by atoms with Crippen LogP contribution in [0.2, 0.25) is 13.1 Å². The van der Waals surface area contributed by atoms with E-state index in [0.717, 1.165) is 6.23 Å². The molecule has 0 fully saturated rings. The molecule has 0 aromatic rings. The topological polar surface area (TPSA) is 9.23 Å². The summed E-state index contributed by atoms with van der Waals surface area (Å²) in [5, 5.41) is 0. The molecule has 0 amide bonds. The van der Waals surface area contributed by atoms with E-state index >= 15 is 0 Å². The zero-order valence-corrected chi connectivity index (χ0v) is 8.52. The molecule has 11 heavy (non-hydrogen) atoms. The van der Waals surface area contributed by atoms with Gasteiger partial charge in [0.05, 0.1) is 20.8 Å². The van der Waals surface area contributed by atoms with Crippen molar-refractivity contribution in [3.05, 3.63) is 11.8 Å². The van der Waals surface area contributed by atoms with Gasteiger partial charge in [-0.2, -0.15) is 0 Å².